The van der Waals surface area contributed by atoms with Crippen LogP contribution in [-0.4, -0.2) is 39.1 Å². The van der Waals surface area contributed by atoms with Crippen LogP contribution in [0, 0.1) is 0 Å². The van der Waals surface area contributed by atoms with E-state index in [9.17, 15) is 0 Å². The van der Waals surface area contributed by atoms with E-state index in [1.54, 1.807) is 0 Å². The Morgan fingerprint density at radius 2 is 1.35 bits per heavy atom. The van der Waals surface area contributed by atoms with E-state index in [1.807, 2.05) is 0 Å². The maximum absolute atomic E-state index is 5.50. The van der Waals surface area contributed by atoms with Crippen LogP contribution in [0.2, 0.25) is 0 Å². The third-order valence-corrected chi connectivity index (χ3v) is 3.55. The molecule has 2 saturated heterocycles. The van der Waals surface area contributed by atoms with Crippen molar-refractivity contribution in [2.75, 3.05) is 33.0 Å². The lowest BCUT2D eigenvalue weighted by molar-refractivity contribution is 0.113. The van der Waals surface area contributed by atoms with Crippen LogP contribution in [0.5, 0.6) is 0 Å². The van der Waals surface area contributed by atoms with Gasteiger partial charge < -0.3 is 14.2 Å². The van der Waals surface area contributed by atoms with Crippen LogP contribution in [0.3, 0.4) is 0 Å². The molecule has 0 radical (unpaired) electrons. The second-order valence-electron chi connectivity index (χ2n) is 5.82. The molecule has 2 aliphatic rings. The van der Waals surface area contributed by atoms with Gasteiger partial charge in [-0.15, -0.1) is 0 Å². The highest BCUT2D eigenvalue weighted by atomic mass is 16.6. The first-order valence-electron chi connectivity index (χ1n) is 8.70. The highest BCUT2D eigenvalue weighted by molar-refractivity contribution is 4.66. The van der Waals surface area contributed by atoms with Crippen molar-refractivity contribution in [1.82, 2.24) is 0 Å². The Labute approximate surface area is 125 Å². The van der Waals surface area contributed by atoms with Gasteiger partial charge >= 0.3 is 0 Å². The van der Waals surface area contributed by atoms with Crippen molar-refractivity contribution in [3.63, 3.8) is 0 Å². The summed E-state index contributed by atoms with van der Waals surface area (Å²) in [6.45, 7) is 6.93. The van der Waals surface area contributed by atoms with Gasteiger partial charge in [-0.25, -0.2) is 0 Å². The van der Waals surface area contributed by atoms with Crippen LogP contribution in [0.1, 0.15) is 71.1 Å². The van der Waals surface area contributed by atoms with Crippen LogP contribution in [0.25, 0.3) is 0 Å². The van der Waals surface area contributed by atoms with Gasteiger partial charge in [0.2, 0.25) is 0 Å². The summed E-state index contributed by atoms with van der Waals surface area (Å²) >= 11 is 0. The highest BCUT2D eigenvalue weighted by Crippen LogP contribution is 2.11. The van der Waals surface area contributed by atoms with E-state index < -0.39 is 0 Å². The number of hydrogen-bond acceptors (Lipinski definition) is 3. The molecule has 0 aromatic heterocycles. The lowest BCUT2D eigenvalue weighted by Gasteiger charge is -2.03. The minimum atomic E-state index is 0.429. The number of epoxide rings is 2. The summed E-state index contributed by atoms with van der Waals surface area (Å²) in [5.74, 6) is 0. The van der Waals surface area contributed by atoms with E-state index in [0.717, 1.165) is 33.0 Å². The van der Waals surface area contributed by atoms with E-state index in [2.05, 4.69) is 11.7 Å². The third-order valence-electron chi connectivity index (χ3n) is 3.55. The lowest BCUT2D eigenvalue weighted by Crippen LogP contribution is -2.02. The van der Waals surface area contributed by atoms with E-state index in [-0.39, 0.29) is 0 Å². The first-order chi connectivity index (χ1) is 9.93. The molecule has 2 heterocycles. The van der Waals surface area contributed by atoms with Crippen LogP contribution < -0.4 is 0 Å². The molecule has 2 aliphatic heterocycles. The van der Waals surface area contributed by atoms with Gasteiger partial charge in [-0.3, -0.25) is 0 Å². The summed E-state index contributed by atoms with van der Waals surface area (Å²) < 4.78 is 15.1. The molecule has 3 nitrogen and oxygen atoms in total. The van der Waals surface area contributed by atoms with Crippen LogP contribution >= 0.6 is 0 Å². The van der Waals surface area contributed by atoms with Gasteiger partial charge in [0.05, 0.1) is 26.4 Å². The Kier molecular flexibility index (Phi) is 12.4. The third kappa shape index (κ3) is 15.9. The van der Waals surface area contributed by atoms with Crippen LogP contribution in [0.15, 0.2) is 0 Å². The summed E-state index contributed by atoms with van der Waals surface area (Å²) in [5.41, 5.74) is 0. The molecule has 0 aromatic carbocycles. The Hall–Kier alpha value is -0.120. The van der Waals surface area contributed by atoms with Crippen LogP contribution in [0.4, 0.5) is 0 Å². The molecule has 120 valence electrons. The molecule has 0 N–H and O–H groups in total. The van der Waals surface area contributed by atoms with Gasteiger partial charge in [0, 0.05) is 6.61 Å². The molecular formula is C17H34O3. The zero-order valence-corrected chi connectivity index (χ0v) is 13.4. The lowest BCUT2D eigenvalue weighted by atomic mass is 10.1. The zero-order chi connectivity index (χ0) is 14.3. The number of unbranched alkanes of at least 4 members (excludes halogenated alkanes) is 9. The summed E-state index contributed by atoms with van der Waals surface area (Å²) in [4.78, 5) is 0. The highest BCUT2D eigenvalue weighted by Gasteiger charge is 2.21. The zero-order valence-electron chi connectivity index (χ0n) is 13.4. The van der Waals surface area contributed by atoms with E-state index in [0.29, 0.717) is 6.10 Å². The van der Waals surface area contributed by atoms with Gasteiger partial charge in [-0.05, 0) is 6.42 Å². The molecule has 1 atom stereocenters. The predicted octanol–water partition coefficient (Wildman–Crippen LogP) is 4.34. The van der Waals surface area contributed by atoms with Crippen molar-refractivity contribution in [3.8, 4) is 0 Å². The normalized spacial score (nSPS) is 19.4. The molecule has 2 fully saturated rings. The van der Waals surface area contributed by atoms with E-state index in [1.165, 1.54) is 64.2 Å². The average molecular weight is 286 g/mol. The Balaban J connectivity index is 0.000000584. The number of rotatable bonds is 13. The summed E-state index contributed by atoms with van der Waals surface area (Å²) in [5, 5.41) is 0. The molecular weight excluding hydrogens is 252 g/mol. The SMILES string of the molecule is C1CO1.CCCCCCCCCCCCOCC1CO1. The molecule has 0 spiro atoms. The molecule has 20 heavy (non-hydrogen) atoms. The standard InChI is InChI=1S/C15H30O2.C2H4O/c1-2-3-4-5-6-7-8-9-10-11-12-16-13-15-14-17-15;1-2-3-1/h15H,2-14H2,1H3;1-2H2. The smallest absolute Gasteiger partial charge is 0.104 e. The second kappa shape index (κ2) is 13.8. The fraction of sp³-hybridized carbons (Fsp3) is 1.00. The molecule has 0 saturated carbocycles. The number of ether oxygens (including phenoxy) is 3. The second-order valence-corrected chi connectivity index (χ2v) is 5.82. The Morgan fingerprint density at radius 3 is 1.80 bits per heavy atom. The van der Waals surface area contributed by atoms with Gasteiger partial charge in [0.25, 0.3) is 0 Å². The summed E-state index contributed by atoms with van der Waals surface area (Å²) in [7, 11) is 0. The van der Waals surface area contributed by atoms with Crippen LogP contribution in [-0.2, 0) is 14.2 Å². The van der Waals surface area contributed by atoms with E-state index >= 15 is 0 Å². The van der Waals surface area contributed by atoms with Crippen molar-refractivity contribution in [2.24, 2.45) is 0 Å². The van der Waals surface area contributed by atoms with Crippen molar-refractivity contribution in [3.05, 3.63) is 0 Å². The predicted molar refractivity (Wildman–Crippen MR) is 83.2 cm³/mol. The number of hydrogen-bond donors (Lipinski definition) is 0. The van der Waals surface area contributed by atoms with Gasteiger partial charge in [0.15, 0.2) is 0 Å². The minimum absolute atomic E-state index is 0.429. The molecule has 0 aliphatic carbocycles. The first kappa shape index (κ1) is 17.9. The molecule has 0 bridgehead atoms. The molecule has 1 unspecified atom stereocenters. The first-order valence-corrected chi connectivity index (χ1v) is 8.70. The molecule has 0 aromatic rings. The topological polar surface area (TPSA) is 34.3 Å². The Bertz CT molecular complexity index is 188. The molecule has 3 heteroatoms. The molecule has 0 amide bonds. The average Bonchev–Trinajstić information content (AvgIpc) is 3.32. The maximum Gasteiger partial charge on any atom is 0.104 e. The van der Waals surface area contributed by atoms with Crippen molar-refractivity contribution in [2.45, 2.75) is 77.2 Å². The maximum atomic E-state index is 5.50. The molecule has 2 rings (SSSR count). The van der Waals surface area contributed by atoms with Crippen molar-refractivity contribution < 1.29 is 14.2 Å². The summed E-state index contributed by atoms with van der Waals surface area (Å²) in [6.07, 6.45) is 14.3. The Morgan fingerprint density at radius 1 is 0.850 bits per heavy atom. The van der Waals surface area contributed by atoms with Gasteiger partial charge in [-0.2, -0.15) is 0 Å². The van der Waals surface area contributed by atoms with E-state index in [4.69, 9.17) is 9.47 Å². The quantitative estimate of drug-likeness (QED) is 0.373. The fourth-order valence-electron chi connectivity index (χ4n) is 2.07. The van der Waals surface area contributed by atoms with Gasteiger partial charge in [0.1, 0.15) is 6.10 Å². The van der Waals surface area contributed by atoms with Crippen molar-refractivity contribution >= 4 is 0 Å². The van der Waals surface area contributed by atoms with Crippen molar-refractivity contribution in [1.29, 1.82) is 0 Å². The summed E-state index contributed by atoms with van der Waals surface area (Å²) in [6, 6.07) is 0. The largest absolute Gasteiger partial charge is 0.379 e. The monoisotopic (exact) mass is 286 g/mol. The van der Waals surface area contributed by atoms with Gasteiger partial charge in [-0.1, -0.05) is 64.7 Å². The fourth-order valence-corrected chi connectivity index (χ4v) is 2.07. The minimum Gasteiger partial charge on any atom is -0.379 e.